The van der Waals surface area contributed by atoms with Crippen molar-refractivity contribution >= 4 is 43.6 Å². The summed E-state index contributed by atoms with van der Waals surface area (Å²) in [5.41, 5.74) is 4.89. The molecular formula is C23H18Br2N4O2. The Hall–Kier alpha value is -2.71. The Morgan fingerprint density at radius 3 is 2.35 bits per heavy atom. The number of amides is 1. The van der Waals surface area contributed by atoms with E-state index in [1.165, 1.54) is 0 Å². The number of rotatable bonds is 4. The van der Waals surface area contributed by atoms with Crippen molar-refractivity contribution in [3.05, 3.63) is 75.3 Å². The Labute approximate surface area is 195 Å². The highest BCUT2D eigenvalue weighted by atomic mass is 79.9. The van der Waals surface area contributed by atoms with Gasteiger partial charge in [-0.3, -0.25) is 0 Å². The second-order valence-corrected chi connectivity index (χ2v) is 9.34. The standard InChI is InChI=1S/C23H18Br2N4O2/c24-17-13-18(25)28-29-20(15-5-2-1-3-6-15)19(26-21(17)29)14-7-9-16(10-8-14)23(11-4-12-23)27-22(30)31/h1-3,5-10,13,27H,4,11-12H2,(H,30,31). The fraction of sp³-hybridized carbons (Fsp3) is 0.174. The quantitative estimate of drug-likeness (QED) is 0.320. The Kier molecular flexibility index (Phi) is 5.06. The minimum atomic E-state index is -0.989. The van der Waals surface area contributed by atoms with Crippen LogP contribution in [0.2, 0.25) is 0 Å². The largest absolute Gasteiger partial charge is 0.465 e. The first-order chi connectivity index (χ1) is 15.0. The molecule has 0 unspecified atom stereocenters. The molecule has 0 radical (unpaired) electrons. The summed E-state index contributed by atoms with van der Waals surface area (Å²) in [5, 5.41) is 16.6. The van der Waals surface area contributed by atoms with Crippen molar-refractivity contribution in [3.8, 4) is 22.5 Å². The van der Waals surface area contributed by atoms with E-state index in [4.69, 9.17) is 4.98 Å². The summed E-state index contributed by atoms with van der Waals surface area (Å²) in [6.07, 6.45) is 1.65. The van der Waals surface area contributed by atoms with Crippen molar-refractivity contribution in [3.63, 3.8) is 0 Å². The lowest BCUT2D eigenvalue weighted by molar-refractivity contribution is 0.144. The molecule has 156 valence electrons. The van der Waals surface area contributed by atoms with Gasteiger partial charge in [-0.05, 0) is 62.8 Å². The number of nitrogens with one attached hydrogen (secondary N) is 1. The minimum Gasteiger partial charge on any atom is -0.465 e. The van der Waals surface area contributed by atoms with Crippen LogP contribution < -0.4 is 5.32 Å². The van der Waals surface area contributed by atoms with Crippen LogP contribution in [0.15, 0.2) is 69.7 Å². The number of hydrogen-bond acceptors (Lipinski definition) is 3. The fourth-order valence-electron chi connectivity index (χ4n) is 4.18. The highest BCUT2D eigenvalue weighted by Gasteiger charge is 2.40. The maximum absolute atomic E-state index is 11.3. The van der Waals surface area contributed by atoms with Gasteiger partial charge in [-0.25, -0.2) is 14.3 Å². The number of nitrogens with zero attached hydrogens (tertiary/aromatic N) is 3. The van der Waals surface area contributed by atoms with Crippen LogP contribution in [0.1, 0.15) is 24.8 Å². The van der Waals surface area contributed by atoms with Gasteiger partial charge in [0, 0.05) is 11.1 Å². The third kappa shape index (κ3) is 3.53. The van der Waals surface area contributed by atoms with Crippen molar-refractivity contribution in [2.24, 2.45) is 0 Å². The third-order valence-corrected chi connectivity index (χ3v) is 6.79. The maximum Gasteiger partial charge on any atom is 0.405 e. The monoisotopic (exact) mass is 540 g/mol. The minimum absolute atomic E-state index is 0.485. The third-order valence-electron chi connectivity index (χ3n) is 5.82. The summed E-state index contributed by atoms with van der Waals surface area (Å²) >= 11 is 7.08. The predicted molar refractivity (Wildman–Crippen MR) is 126 cm³/mol. The topological polar surface area (TPSA) is 79.5 Å². The number of hydrogen-bond donors (Lipinski definition) is 2. The molecule has 2 N–H and O–H groups in total. The molecule has 0 spiro atoms. The molecule has 1 fully saturated rings. The molecule has 31 heavy (non-hydrogen) atoms. The maximum atomic E-state index is 11.3. The lowest BCUT2D eigenvalue weighted by atomic mass is 9.72. The van der Waals surface area contributed by atoms with Crippen molar-refractivity contribution in [1.82, 2.24) is 19.9 Å². The van der Waals surface area contributed by atoms with Crippen LogP contribution in [0.3, 0.4) is 0 Å². The van der Waals surface area contributed by atoms with Gasteiger partial charge in [0.2, 0.25) is 0 Å². The van der Waals surface area contributed by atoms with Gasteiger partial charge >= 0.3 is 6.09 Å². The van der Waals surface area contributed by atoms with Gasteiger partial charge in [0.05, 0.1) is 15.7 Å². The summed E-state index contributed by atoms with van der Waals surface area (Å²) in [6.45, 7) is 0. The van der Waals surface area contributed by atoms with E-state index in [1.807, 2.05) is 65.2 Å². The summed E-state index contributed by atoms with van der Waals surface area (Å²) in [6, 6.07) is 19.9. The first-order valence-corrected chi connectivity index (χ1v) is 11.5. The number of carboxylic acid groups (broad SMARTS) is 1. The molecule has 6 nitrogen and oxygen atoms in total. The molecular weight excluding hydrogens is 524 g/mol. The van der Waals surface area contributed by atoms with Crippen molar-refractivity contribution < 1.29 is 9.90 Å². The molecule has 2 aromatic heterocycles. The van der Waals surface area contributed by atoms with Gasteiger partial charge in [0.25, 0.3) is 0 Å². The molecule has 5 rings (SSSR count). The summed E-state index contributed by atoms with van der Waals surface area (Å²) in [5.74, 6) is 0. The smallest absolute Gasteiger partial charge is 0.405 e. The van der Waals surface area contributed by atoms with E-state index in [0.29, 0.717) is 4.60 Å². The molecule has 4 aromatic rings. The van der Waals surface area contributed by atoms with Crippen LogP contribution in [0.25, 0.3) is 28.2 Å². The Balaban J connectivity index is 1.65. The van der Waals surface area contributed by atoms with Crippen molar-refractivity contribution in [2.45, 2.75) is 24.8 Å². The molecule has 1 amide bonds. The first-order valence-electron chi connectivity index (χ1n) is 9.89. The van der Waals surface area contributed by atoms with Crippen LogP contribution in [0, 0.1) is 0 Å². The molecule has 0 aliphatic heterocycles. The van der Waals surface area contributed by atoms with E-state index in [0.717, 1.165) is 57.5 Å². The Bertz CT molecular complexity index is 1280. The second kappa shape index (κ2) is 7.76. The number of aromatic nitrogens is 3. The zero-order valence-corrected chi connectivity index (χ0v) is 19.5. The van der Waals surface area contributed by atoms with Gasteiger partial charge in [0.15, 0.2) is 5.65 Å². The number of benzene rings is 2. The Morgan fingerprint density at radius 2 is 1.74 bits per heavy atom. The Morgan fingerprint density at radius 1 is 1.03 bits per heavy atom. The molecule has 1 aliphatic rings. The van der Waals surface area contributed by atoms with E-state index in [2.05, 4.69) is 42.3 Å². The molecule has 0 bridgehead atoms. The molecule has 1 saturated carbocycles. The number of halogens is 2. The average Bonchev–Trinajstić information content (AvgIpc) is 3.11. The molecule has 0 saturated heterocycles. The molecule has 8 heteroatoms. The van der Waals surface area contributed by atoms with Crippen molar-refractivity contribution in [1.29, 1.82) is 0 Å². The summed E-state index contributed by atoms with van der Waals surface area (Å²) in [4.78, 5) is 16.2. The highest BCUT2D eigenvalue weighted by Crippen LogP contribution is 2.42. The van der Waals surface area contributed by atoms with Gasteiger partial charge in [-0.2, -0.15) is 5.10 Å². The van der Waals surface area contributed by atoms with Gasteiger partial charge < -0.3 is 10.4 Å². The number of imidazole rings is 1. The van der Waals surface area contributed by atoms with E-state index >= 15 is 0 Å². The van der Waals surface area contributed by atoms with E-state index in [9.17, 15) is 9.90 Å². The SMILES string of the molecule is O=C(O)NC1(c2ccc(-c3nc4c(Br)cc(Br)nn4c3-c3ccccc3)cc2)CCC1. The van der Waals surface area contributed by atoms with Crippen LogP contribution in [0.4, 0.5) is 4.79 Å². The van der Waals surface area contributed by atoms with Gasteiger partial charge in [0.1, 0.15) is 10.3 Å². The van der Waals surface area contributed by atoms with Crippen LogP contribution >= 0.6 is 31.9 Å². The lowest BCUT2D eigenvalue weighted by Crippen LogP contribution is -2.50. The highest BCUT2D eigenvalue weighted by molar-refractivity contribution is 9.11. The van der Waals surface area contributed by atoms with E-state index < -0.39 is 11.6 Å². The zero-order valence-electron chi connectivity index (χ0n) is 16.3. The predicted octanol–water partition coefficient (Wildman–Crippen LogP) is 6.24. The average molecular weight is 542 g/mol. The van der Waals surface area contributed by atoms with E-state index in [1.54, 1.807) is 0 Å². The molecule has 2 heterocycles. The first kappa shape index (κ1) is 20.2. The van der Waals surface area contributed by atoms with Crippen molar-refractivity contribution in [2.75, 3.05) is 0 Å². The molecule has 2 aromatic carbocycles. The van der Waals surface area contributed by atoms with Crippen LogP contribution in [-0.4, -0.2) is 25.8 Å². The fourth-order valence-corrected chi connectivity index (χ4v) is 5.35. The normalized spacial score (nSPS) is 14.9. The molecule has 0 atom stereocenters. The number of carbonyl (C=O) groups is 1. The van der Waals surface area contributed by atoms with Crippen LogP contribution in [-0.2, 0) is 5.54 Å². The summed E-state index contributed by atoms with van der Waals surface area (Å²) in [7, 11) is 0. The lowest BCUT2D eigenvalue weighted by Gasteiger charge is -2.42. The van der Waals surface area contributed by atoms with Gasteiger partial charge in [-0.15, -0.1) is 0 Å². The van der Waals surface area contributed by atoms with E-state index in [-0.39, 0.29) is 0 Å². The van der Waals surface area contributed by atoms with Crippen LogP contribution in [0.5, 0.6) is 0 Å². The van der Waals surface area contributed by atoms with Gasteiger partial charge in [-0.1, -0.05) is 54.6 Å². The summed E-state index contributed by atoms with van der Waals surface area (Å²) < 4.78 is 3.38. The molecule has 1 aliphatic carbocycles. The second-order valence-electron chi connectivity index (χ2n) is 7.67. The number of fused-ring (bicyclic) bond motifs is 1. The zero-order chi connectivity index (χ0) is 21.6.